The maximum Gasteiger partial charge on any atom is 0.316 e. The molecule has 8 heteroatoms. The summed E-state index contributed by atoms with van der Waals surface area (Å²) in [5.41, 5.74) is 1.33. The van der Waals surface area contributed by atoms with E-state index >= 15 is 0 Å². The molecule has 0 saturated heterocycles. The SMILES string of the molecule is Cc1ccc(SCC(=O)OCc2cc(=O)n3nc(C)sc3n2)cc1. The summed E-state index contributed by atoms with van der Waals surface area (Å²) in [4.78, 5) is 29.6. The van der Waals surface area contributed by atoms with E-state index in [0.29, 0.717) is 10.7 Å². The predicted octanol–water partition coefficient (Wildman–Crippen LogP) is 2.60. The molecular weight excluding hydrogens is 346 g/mol. The minimum atomic E-state index is -0.344. The number of thioether (sulfide) groups is 1. The van der Waals surface area contributed by atoms with E-state index < -0.39 is 0 Å². The molecule has 1 aromatic carbocycles. The highest BCUT2D eigenvalue weighted by molar-refractivity contribution is 8.00. The number of benzene rings is 1. The standard InChI is InChI=1S/C16H15N3O3S2/c1-10-3-5-13(6-4-10)23-9-15(21)22-8-12-7-14(20)19-16(17-12)24-11(2)18-19/h3-7H,8-9H2,1-2H3. The third-order valence-corrected chi connectivity index (χ3v) is 4.97. The Balaban J connectivity index is 1.58. The molecule has 2 aromatic heterocycles. The van der Waals surface area contributed by atoms with Crippen molar-refractivity contribution in [1.82, 2.24) is 14.6 Å². The molecule has 0 aliphatic carbocycles. The van der Waals surface area contributed by atoms with Gasteiger partial charge in [-0.3, -0.25) is 9.59 Å². The van der Waals surface area contributed by atoms with Gasteiger partial charge in [0.25, 0.3) is 5.56 Å². The first-order chi connectivity index (χ1) is 11.5. The van der Waals surface area contributed by atoms with E-state index in [2.05, 4.69) is 10.1 Å². The Morgan fingerprint density at radius 1 is 1.29 bits per heavy atom. The van der Waals surface area contributed by atoms with E-state index in [1.54, 1.807) is 6.92 Å². The molecule has 124 valence electrons. The van der Waals surface area contributed by atoms with Crippen molar-refractivity contribution < 1.29 is 9.53 Å². The summed E-state index contributed by atoms with van der Waals surface area (Å²) < 4.78 is 6.45. The van der Waals surface area contributed by atoms with Gasteiger partial charge in [0.1, 0.15) is 11.6 Å². The van der Waals surface area contributed by atoms with Gasteiger partial charge in [-0.2, -0.15) is 9.61 Å². The fourth-order valence-electron chi connectivity index (χ4n) is 2.00. The molecule has 0 aliphatic rings. The van der Waals surface area contributed by atoms with Crippen LogP contribution in [-0.2, 0) is 16.1 Å². The number of aromatic nitrogens is 3. The Morgan fingerprint density at radius 2 is 2.04 bits per heavy atom. The maximum atomic E-state index is 11.9. The van der Waals surface area contributed by atoms with E-state index in [-0.39, 0.29) is 23.9 Å². The van der Waals surface area contributed by atoms with Crippen LogP contribution in [0.5, 0.6) is 0 Å². The Bertz CT molecular complexity index is 932. The monoisotopic (exact) mass is 361 g/mol. The quantitative estimate of drug-likeness (QED) is 0.514. The minimum Gasteiger partial charge on any atom is -0.459 e. The molecular formula is C16H15N3O3S2. The zero-order valence-electron chi connectivity index (χ0n) is 13.2. The minimum absolute atomic E-state index is 0.0179. The third-order valence-electron chi connectivity index (χ3n) is 3.16. The molecule has 0 radical (unpaired) electrons. The van der Waals surface area contributed by atoms with Crippen LogP contribution in [0.25, 0.3) is 4.96 Å². The molecule has 0 spiro atoms. The van der Waals surface area contributed by atoms with Crippen molar-refractivity contribution in [3.63, 3.8) is 0 Å². The van der Waals surface area contributed by atoms with Crippen LogP contribution in [0.4, 0.5) is 0 Å². The number of rotatable bonds is 5. The molecule has 3 rings (SSSR count). The Morgan fingerprint density at radius 3 is 2.79 bits per heavy atom. The highest BCUT2D eigenvalue weighted by atomic mass is 32.2. The summed E-state index contributed by atoms with van der Waals surface area (Å²) >= 11 is 2.73. The summed E-state index contributed by atoms with van der Waals surface area (Å²) in [7, 11) is 0. The van der Waals surface area contributed by atoms with Gasteiger partial charge in [-0.15, -0.1) is 11.8 Å². The summed E-state index contributed by atoms with van der Waals surface area (Å²) in [5, 5.41) is 4.82. The van der Waals surface area contributed by atoms with Gasteiger partial charge < -0.3 is 4.74 Å². The summed E-state index contributed by atoms with van der Waals surface area (Å²) in [6, 6.07) is 9.27. The van der Waals surface area contributed by atoms with Crippen LogP contribution >= 0.6 is 23.1 Å². The second kappa shape index (κ2) is 7.14. The third kappa shape index (κ3) is 4.01. The lowest BCUT2D eigenvalue weighted by Crippen LogP contribution is -2.17. The number of fused-ring (bicyclic) bond motifs is 1. The molecule has 0 bridgehead atoms. The molecule has 0 saturated carbocycles. The highest BCUT2D eigenvalue weighted by Gasteiger charge is 2.09. The fraction of sp³-hybridized carbons (Fsp3) is 0.250. The molecule has 0 N–H and O–H groups in total. The average molecular weight is 361 g/mol. The molecule has 0 aliphatic heterocycles. The Hall–Kier alpha value is -2.19. The van der Waals surface area contributed by atoms with Gasteiger partial charge in [-0.1, -0.05) is 29.0 Å². The number of aryl methyl sites for hydroxylation is 2. The number of carbonyl (C=O) groups excluding carboxylic acids is 1. The lowest BCUT2D eigenvalue weighted by atomic mass is 10.2. The lowest BCUT2D eigenvalue weighted by molar-refractivity contribution is -0.141. The zero-order valence-corrected chi connectivity index (χ0v) is 14.8. The van der Waals surface area contributed by atoms with Crippen LogP contribution in [0.1, 0.15) is 16.3 Å². The molecule has 0 unspecified atom stereocenters. The van der Waals surface area contributed by atoms with Gasteiger partial charge in [-0.25, -0.2) is 4.98 Å². The first-order valence-electron chi connectivity index (χ1n) is 7.23. The van der Waals surface area contributed by atoms with Crippen LogP contribution in [0.15, 0.2) is 40.0 Å². The number of ether oxygens (including phenoxy) is 1. The van der Waals surface area contributed by atoms with E-state index in [4.69, 9.17) is 4.74 Å². The number of hydrogen-bond donors (Lipinski definition) is 0. The van der Waals surface area contributed by atoms with Gasteiger partial charge in [0.05, 0.1) is 11.4 Å². The van der Waals surface area contributed by atoms with Crippen LogP contribution in [-0.4, -0.2) is 26.3 Å². The molecule has 0 atom stereocenters. The number of nitrogens with zero attached hydrogens (tertiary/aromatic N) is 3. The fourth-order valence-corrected chi connectivity index (χ4v) is 3.46. The zero-order chi connectivity index (χ0) is 17.1. The van der Waals surface area contributed by atoms with Gasteiger partial charge >= 0.3 is 5.97 Å². The van der Waals surface area contributed by atoms with Crippen molar-refractivity contribution in [2.24, 2.45) is 0 Å². The lowest BCUT2D eigenvalue weighted by Gasteiger charge is -2.05. The van der Waals surface area contributed by atoms with Gasteiger partial charge in [0, 0.05) is 11.0 Å². The number of carbonyl (C=O) groups is 1. The van der Waals surface area contributed by atoms with Crippen molar-refractivity contribution in [1.29, 1.82) is 0 Å². The second-order valence-electron chi connectivity index (χ2n) is 5.16. The van der Waals surface area contributed by atoms with Crippen LogP contribution in [0.3, 0.4) is 0 Å². The van der Waals surface area contributed by atoms with Crippen LogP contribution in [0.2, 0.25) is 0 Å². The number of esters is 1. The van der Waals surface area contributed by atoms with Gasteiger partial charge in [0.15, 0.2) is 0 Å². The topological polar surface area (TPSA) is 73.6 Å². The Kier molecular flexibility index (Phi) is 4.96. The number of hydrogen-bond acceptors (Lipinski definition) is 7. The largest absolute Gasteiger partial charge is 0.459 e. The van der Waals surface area contributed by atoms with Gasteiger partial charge in [0.2, 0.25) is 4.96 Å². The van der Waals surface area contributed by atoms with Gasteiger partial charge in [-0.05, 0) is 26.0 Å². The highest BCUT2D eigenvalue weighted by Crippen LogP contribution is 2.18. The normalized spacial score (nSPS) is 10.9. The van der Waals surface area contributed by atoms with E-state index in [0.717, 1.165) is 9.90 Å². The average Bonchev–Trinajstić information content (AvgIpc) is 2.93. The van der Waals surface area contributed by atoms with Crippen LogP contribution < -0.4 is 5.56 Å². The van der Waals surface area contributed by atoms with E-state index in [9.17, 15) is 9.59 Å². The summed E-state index contributed by atoms with van der Waals surface area (Å²) in [5.74, 6) is -0.132. The maximum absolute atomic E-state index is 11.9. The summed E-state index contributed by atoms with van der Waals surface area (Å²) in [6.45, 7) is 3.80. The van der Waals surface area contributed by atoms with E-state index in [1.807, 2.05) is 31.2 Å². The van der Waals surface area contributed by atoms with Crippen molar-refractivity contribution >= 4 is 34.0 Å². The Labute approximate surface area is 146 Å². The molecule has 3 aromatic rings. The molecule has 0 fully saturated rings. The van der Waals surface area contributed by atoms with Crippen molar-refractivity contribution in [2.45, 2.75) is 25.3 Å². The van der Waals surface area contributed by atoms with Crippen molar-refractivity contribution in [2.75, 3.05) is 5.75 Å². The first kappa shape index (κ1) is 16.7. The van der Waals surface area contributed by atoms with Crippen molar-refractivity contribution in [3.05, 3.63) is 57.0 Å². The first-order valence-corrected chi connectivity index (χ1v) is 9.03. The molecule has 6 nitrogen and oxygen atoms in total. The second-order valence-corrected chi connectivity index (χ2v) is 7.37. The predicted molar refractivity (Wildman–Crippen MR) is 93.6 cm³/mol. The summed E-state index contributed by atoms with van der Waals surface area (Å²) in [6.07, 6.45) is 0. The smallest absolute Gasteiger partial charge is 0.316 e. The van der Waals surface area contributed by atoms with Crippen molar-refractivity contribution in [3.8, 4) is 0 Å². The van der Waals surface area contributed by atoms with Crippen LogP contribution in [0, 0.1) is 13.8 Å². The molecule has 24 heavy (non-hydrogen) atoms. The molecule has 2 heterocycles. The van der Waals surface area contributed by atoms with E-state index in [1.165, 1.54) is 39.2 Å². The molecule has 0 amide bonds.